The van der Waals surface area contributed by atoms with Gasteiger partial charge in [0.05, 0.1) is 5.56 Å². The van der Waals surface area contributed by atoms with Crippen molar-refractivity contribution in [2.45, 2.75) is 27.7 Å². The van der Waals surface area contributed by atoms with Crippen LogP contribution in [0.15, 0.2) is 24.3 Å². The molecule has 0 aromatic heterocycles. The van der Waals surface area contributed by atoms with E-state index in [2.05, 4.69) is 0 Å². The van der Waals surface area contributed by atoms with Crippen LogP contribution in [0.4, 0.5) is 4.39 Å². The van der Waals surface area contributed by atoms with Crippen molar-refractivity contribution in [3.8, 4) is 6.07 Å². The van der Waals surface area contributed by atoms with Crippen LogP contribution in [-0.4, -0.2) is 5.48 Å². The van der Waals surface area contributed by atoms with Gasteiger partial charge in [-0.15, -0.1) is 0 Å². The summed E-state index contributed by atoms with van der Waals surface area (Å²) in [6.07, 6.45) is 0. The second-order valence-electron chi connectivity index (χ2n) is 1.59. The molecule has 1 aromatic rings. The average Bonchev–Trinajstić information content (AvgIpc) is 2.37. The van der Waals surface area contributed by atoms with Crippen LogP contribution in [0.1, 0.15) is 33.3 Å². The zero-order chi connectivity index (χ0) is 12.7. The van der Waals surface area contributed by atoms with Crippen LogP contribution < -0.4 is 0 Å². The van der Waals surface area contributed by atoms with Crippen LogP contribution in [-0.2, 0) is 0 Å². The third-order valence-corrected chi connectivity index (χ3v) is 0.994. The molecule has 92 valence electrons. The first kappa shape index (κ1) is 23.8. The molecular weight excluding hydrogens is 209 g/mol. The molecule has 1 rings (SSSR count). The van der Waals surface area contributed by atoms with Crippen LogP contribution in [0.25, 0.3) is 0 Å². The highest BCUT2D eigenvalue weighted by Crippen LogP contribution is 2.02. The molecule has 0 radical (unpaired) electrons. The normalized spacial score (nSPS) is 5.75. The van der Waals surface area contributed by atoms with Gasteiger partial charge in [0, 0.05) is 0 Å². The third-order valence-electron chi connectivity index (χ3n) is 0.994. The van der Waals surface area contributed by atoms with Gasteiger partial charge in [-0.25, -0.2) is 15.5 Å². The van der Waals surface area contributed by atoms with Crippen molar-refractivity contribution in [1.29, 1.82) is 16.3 Å². The zero-order valence-electron chi connectivity index (χ0n) is 10.1. The molecule has 4 N–H and O–H groups in total. The minimum atomic E-state index is -0.458. The molecule has 0 bridgehead atoms. The quantitative estimate of drug-likeness (QED) is 0.653. The van der Waals surface area contributed by atoms with Crippen LogP contribution in [0.2, 0.25) is 0 Å². The first-order chi connectivity index (χ1) is 7.34. The van der Waals surface area contributed by atoms with Crippen molar-refractivity contribution in [2.24, 2.45) is 0 Å². The Morgan fingerprint density at radius 1 is 1.06 bits per heavy atom. The Hall–Kier alpha value is -1.80. The fourth-order valence-electron chi connectivity index (χ4n) is 0.552. The lowest BCUT2D eigenvalue weighted by Gasteiger charge is -1.86. The Kier molecular flexibility index (Phi) is 34.5. The topological polar surface area (TPSA) is 103 Å². The lowest BCUT2D eigenvalue weighted by molar-refractivity contribution is 0.624. The Morgan fingerprint density at radius 2 is 1.44 bits per heavy atom. The molecule has 0 fully saturated rings. The summed E-state index contributed by atoms with van der Waals surface area (Å²) in [5.74, 6) is -0.458. The number of hydrogen-bond donors (Lipinski definition) is 2. The molecule has 4 nitrogen and oxygen atoms in total. The maximum Gasteiger partial charge on any atom is 0.140 e. The zero-order valence-corrected chi connectivity index (χ0v) is 10.1. The van der Waals surface area contributed by atoms with Gasteiger partial charge in [-0.3, -0.25) is 0 Å². The standard InChI is InChI=1S/C7H4FN.2C2H6.H2N2.H2O/c8-7-4-2-1-3-6(7)5-9;3*1-2;/h1-4H;2*1-2H3;1-2H;1H2. The first-order valence-electron chi connectivity index (χ1n) is 4.74. The first-order valence-corrected chi connectivity index (χ1v) is 4.74. The van der Waals surface area contributed by atoms with Gasteiger partial charge in [-0.2, -0.15) is 5.26 Å². The Labute approximate surface area is 96.3 Å². The summed E-state index contributed by atoms with van der Waals surface area (Å²) in [5.41, 5.74) is 10.1. The second kappa shape index (κ2) is 23.2. The average molecular weight is 229 g/mol. The van der Waals surface area contributed by atoms with Crippen LogP contribution >= 0.6 is 0 Å². The molecule has 0 aliphatic carbocycles. The number of benzene rings is 1. The molecule has 16 heavy (non-hydrogen) atoms. The minimum absolute atomic E-state index is 0. The number of nitrogens with one attached hydrogen (secondary N) is 2. The summed E-state index contributed by atoms with van der Waals surface area (Å²) in [6.45, 7) is 8.00. The highest BCUT2D eigenvalue weighted by molar-refractivity contribution is 5.29. The summed E-state index contributed by atoms with van der Waals surface area (Å²) in [7, 11) is 0. The highest BCUT2D eigenvalue weighted by atomic mass is 19.1. The lowest BCUT2D eigenvalue weighted by Crippen LogP contribution is -1.78. The molecule has 0 amide bonds. The van der Waals surface area contributed by atoms with Gasteiger partial charge in [0.2, 0.25) is 0 Å². The van der Waals surface area contributed by atoms with Crippen LogP contribution in [0.3, 0.4) is 0 Å². The maximum atomic E-state index is 12.4. The van der Waals surface area contributed by atoms with E-state index in [0.29, 0.717) is 0 Å². The largest absolute Gasteiger partial charge is 0.412 e. The van der Waals surface area contributed by atoms with Crippen molar-refractivity contribution >= 4 is 0 Å². The van der Waals surface area contributed by atoms with Crippen molar-refractivity contribution in [1.82, 2.24) is 0 Å². The molecule has 0 saturated heterocycles. The van der Waals surface area contributed by atoms with E-state index in [-0.39, 0.29) is 11.0 Å². The molecule has 5 heteroatoms. The summed E-state index contributed by atoms with van der Waals surface area (Å²) >= 11 is 0. The lowest BCUT2D eigenvalue weighted by atomic mass is 10.2. The van der Waals surface area contributed by atoms with Crippen molar-refractivity contribution in [3.05, 3.63) is 35.6 Å². The van der Waals surface area contributed by atoms with E-state index in [1.54, 1.807) is 18.2 Å². The Bertz CT molecular complexity index is 274. The SMILES string of the molecule is CC.CC.N#Cc1ccccc1F.N=N.O. The molecule has 0 spiro atoms. The van der Waals surface area contributed by atoms with Gasteiger partial charge in [-0.1, -0.05) is 39.8 Å². The minimum Gasteiger partial charge on any atom is -0.412 e. The monoisotopic (exact) mass is 229 g/mol. The van der Waals surface area contributed by atoms with Gasteiger partial charge in [0.1, 0.15) is 11.9 Å². The number of nitriles is 1. The highest BCUT2D eigenvalue weighted by Gasteiger charge is 1.94. The summed E-state index contributed by atoms with van der Waals surface area (Å²) in [5, 5.41) is 8.23. The maximum absolute atomic E-state index is 12.4. The Morgan fingerprint density at radius 3 is 1.69 bits per heavy atom. The Balaban J connectivity index is -0.0000000900. The summed E-state index contributed by atoms with van der Waals surface area (Å²) < 4.78 is 12.4. The van der Waals surface area contributed by atoms with E-state index in [1.807, 2.05) is 27.7 Å². The molecule has 0 aliphatic rings. The summed E-state index contributed by atoms with van der Waals surface area (Å²) in [4.78, 5) is 0. The number of nitrogens with zero attached hydrogens (tertiary/aromatic N) is 1. The summed E-state index contributed by atoms with van der Waals surface area (Å²) in [6, 6.07) is 7.60. The van der Waals surface area contributed by atoms with Gasteiger partial charge >= 0.3 is 0 Å². The fraction of sp³-hybridized carbons (Fsp3) is 0.364. The van der Waals surface area contributed by atoms with E-state index in [9.17, 15) is 4.39 Å². The van der Waals surface area contributed by atoms with Gasteiger partial charge in [-0.05, 0) is 12.1 Å². The smallest absolute Gasteiger partial charge is 0.140 e. The van der Waals surface area contributed by atoms with Crippen LogP contribution in [0, 0.1) is 28.2 Å². The van der Waals surface area contributed by atoms with E-state index in [1.165, 1.54) is 12.1 Å². The molecule has 1 aromatic carbocycles. The predicted octanol–water partition coefficient (Wildman–Crippen LogP) is 3.52. The molecule has 0 aliphatic heterocycles. The molecular formula is C11H20FN3O. The molecule has 0 unspecified atom stereocenters. The second-order valence-corrected chi connectivity index (χ2v) is 1.59. The fourth-order valence-corrected chi connectivity index (χ4v) is 0.552. The van der Waals surface area contributed by atoms with Gasteiger partial charge in [0.15, 0.2) is 0 Å². The van der Waals surface area contributed by atoms with E-state index in [4.69, 9.17) is 16.3 Å². The number of rotatable bonds is 0. The van der Waals surface area contributed by atoms with E-state index in [0.717, 1.165) is 0 Å². The van der Waals surface area contributed by atoms with E-state index >= 15 is 0 Å². The molecule has 0 atom stereocenters. The number of hydrogen-bond acceptors (Lipinski definition) is 3. The third kappa shape index (κ3) is 12.2. The van der Waals surface area contributed by atoms with Gasteiger partial charge in [0.25, 0.3) is 0 Å². The van der Waals surface area contributed by atoms with Crippen molar-refractivity contribution < 1.29 is 9.87 Å². The van der Waals surface area contributed by atoms with Crippen molar-refractivity contribution in [2.75, 3.05) is 0 Å². The van der Waals surface area contributed by atoms with E-state index < -0.39 is 5.82 Å². The predicted molar refractivity (Wildman–Crippen MR) is 62.9 cm³/mol. The van der Waals surface area contributed by atoms with Crippen molar-refractivity contribution in [3.63, 3.8) is 0 Å². The molecule has 0 saturated carbocycles. The number of halogens is 1. The van der Waals surface area contributed by atoms with Gasteiger partial charge < -0.3 is 5.48 Å². The van der Waals surface area contributed by atoms with Crippen LogP contribution in [0.5, 0.6) is 0 Å². The molecule has 0 heterocycles.